The van der Waals surface area contributed by atoms with Crippen LogP contribution in [0.2, 0.25) is 0 Å². The first kappa shape index (κ1) is 12.2. The van der Waals surface area contributed by atoms with E-state index in [1.165, 1.54) is 6.42 Å². The van der Waals surface area contributed by atoms with Crippen molar-refractivity contribution < 1.29 is 4.42 Å². The van der Waals surface area contributed by atoms with Gasteiger partial charge >= 0.3 is 0 Å². The second-order valence-corrected chi connectivity index (χ2v) is 5.12. The lowest BCUT2D eigenvalue weighted by molar-refractivity contribution is 0.420. The van der Waals surface area contributed by atoms with E-state index in [9.17, 15) is 0 Å². The molecule has 0 bridgehead atoms. The molecule has 0 radical (unpaired) electrons. The van der Waals surface area contributed by atoms with Gasteiger partial charge in [0.2, 0.25) is 5.95 Å². The number of aryl methyl sites for hydroxylation is 1. The molecule has 6 nitrogen and oxygen atoms in total. The molecule has 0 aromatic carbocycles. The minimum Gasteiger partial charge on any atom is -0.469 e. The molecule has 3 heterocycles. The van der Waals surface area contributed by atoms with E-state index in [0.29, 0.717) is 5.92 Å². The number of hydrogen-bond donors (Lipinski definition) is 2. The SMILES string of the molecule is Cc1cc(-c2nc(N3CCCC(CN)C3)n[nH]2)co1. The lowest BCUT2D eigenvalue weighted by Crippen LogP contribution is -2.38. The predicted molar refractivity (Wildman–Crippen MR) is 72.8 cm³/mol. The molecule has 102 valence electrons. The van der Waals surface area contributed by atoms with Gasteiger partial charge in [0, 0.05) is 13.1 Å². The van der Waals surface area contributed by atoms with Crippen LogP contribution >= 0.6 is 0 Å². The smallest absolute Gasteiger partial charge is 0.245 e. The Balaban J connectivity index is 1.77. The Morgan fingerprint density at radius 1 is 1.58 bits per heavy atom. The Hall–Kier alpha value is -1.82. The van der Waals surface area contributed by atoms with Crippen molar-refractivity contribution in [3.8, 4) is 11.4 Å². The maximum Gasteiger partial charge on any atom is 0.245 e. The van der Waals surface area contributed by atoms with Gasteiger partial charge in [-0.05, 0) is 38.3 Å². The second kappa shape index (κ2) is 5.05. The number of hydrogen-bond acceptors (Lipinski definition) is 5. The maximum atomic E-state index is 5.75. The summed E-state index contributed by atoms with van der Waals surface area (Å²) in [7, 11) is 0. The standard InChI is InChI=1S/C13H19N5O/c1-9-5-11(8-19-9)12-15-13(17-16-12)18-4-2-3-10(6-14)7-18/h5,8,10H,2-4,6-7,14H2,1H3,(H,15,16,17). The van der Waals surface area contributed by atoms with E-state index in [1.807, 2.05) is 13.0 Å². The molecule has 1 unspecified atom stereocenters. The lowest BCUT2D eigenvalue weighted by Gasteiger charge is -2.31. The summed E-state index contributed by atoms with van der Waals surface area (Å²) in [5.41, 5.74) is 6.69. The molecule has 0 spiro atoms. The van der Waals surface area contributed by atoms with E-state index in [0.717, 1.165) is 49.2 Å². The van der Waals surface area contributed by atoms with Crippen molar-refractivity contribution in [3.05, 3.63) is 18.1 Å². The number of nitrogens with two attached hydrogens (primary N) is 1. The van der Waals surface area contributed by atoms with E-state index in [-0.39, 0.29) is 0 Å². The van der Waals surface area contributed by atoms with Crippen LogP contribution in [0.1, 0.15) is 18.6 Å². The number of anilines is 1. The van der Waals surface area contributed by atoms with Gasteiger partial charge in [-0.1, -0.05) is 0 Å². The molecule has 1 aliphatic heterocycles. The van der Waals surface area contributed by atoms with Crippen molar-refractivity contribution in [2.45, 2.75) is 19.8 Å². The van der Waals surface area contributed by atoms with Crippen molar-refractivity contribution in [1.29, 1.82) is 0 Å². The zero-order valence-corrected chi connectivity index (χ0v) is 11.1. The van der Waals surface area contributed by atoms with Crippen LogP contribution < -0.4 is 10.6 Å². The van der Waals surface area contributed by atoms with Gasteiger partial charge in [-0.25, -0.2) is 0 Å². The number of aromatic nitrogens is 3. The largest absolute Gasteiger partial charge is 0.469 e. The molecule has 0 aliphatic carbocycles. The monoisotopic (exact) mass is 261 g/mol. The van der Waals surface area contributed by atoms with Crippen LogP contribution in [0.5, 0.6) is 0 Å². The van der Waals surface area contributed by atoms with Gasteiger partial charge in [-0.15, -0.1) is 5.10 Å². The van der Waals surface area contributed by atoms with Crippen LogP contribution in [-0.2, 0) is 0 Å². The molecule has 1 fully saturated rings. The number of rotatable bonds is 3. The Bertz CT molecular complexity index is 547. The zero-order chi connectivity index (χ0) is 13.2. The van der Waals surface area contributed by atoms with Crippen LogP contribution in [0.25, 0.3) is 11.4 Å². The molecule has 0 amide bonds. The summed E-state index contributed by atoms with van der Waals surface area (Å²) in [6.07, 6.45) is 4.04. The van der Waals surface area contributed by atoms with Gasteiger partial charge in [0.05, 0.1) is 5.56 Å². The van der Waals surface area contributed by atoms with Crippen LogP contribution in [-0.4, -0.2) is 34.8 Å². The summed E-state index contributed by atoms with van der Waals surface area (Å²) in [6.45, 7) is 4.59. The van der Waals surface area contributed by atoms with E-state index in [1.54, 1.807) is 6.26 Å². The molecule has 1 saturated heterocycles. The first-order valence-corrected chi connectivity index (χ1v) is 6.69. The fourth-order valence-electron chi connectivity index (χ4n) is 2.53. The topological polar surface area (TPSA) is 84.0 Å². The van der Waals surface area contributed by atoms with Gasteiger partial charge < -0.3 is 15.1 Å². The van der Waals surface area contributed by atoms with Gasteiger partial charge in [0.15, 0.2) is 5.82 Å². The summed E-state index contributed by atoms with van der Waals surface area (Å²) in [5.74, 6) is 2.93. The lowest BCUT2D eigenvalue weighted by atomic mass is 9.99. The highest BCUT2D eigenvalue weighted by Crippen LogP contribution is 2.23. The van der Waals surface area contributed by atoms with Crippen LogP contribution in [0, 0.1) is 12.8 Å². The molecule has 0 saturated carbocycles. The molecule has 19 heavy (non-hydrogen) atoms. The highest BCUT2D eigenvalue weighted by Gasteiger charge is 2.22. The van der Waals surface area contributed by atoms with Crippen LogP contribution in [0.15, 0.2) is 16.7 Å². The second-order valence-electron chi connectivity index (χ2n) is 5.12. The third-order valence-corrected chi connectivity index (χ3v) is 3.61. The maximum absolute atomic E-state index is 5.75. The molecule has 1 aliphatic rings. The molecular weight excluding hydrogens is 242 g/mol. The van der Waals surface area contributed by atoms with E-state index >= 15 is 0 Å². The fourth-order valence-corrected chi connectivity index (χ4v) is 2.53. The normalized spacial score (nSPS) is 19.9. The number of nitrogens with zero attached hydrogens (tertiary/aromatic N) is 3. The van der Waals surface area contributed by atoms with Crippen LogP contribution in [0.4, 0.5) is 5.95 Å². The molecule has 3 rings (SSSR count). The highest BCUT2D eigenvalue weighted by molar-refractivity contribution is 5.55. The number of H-pyrrole nitrogens is 1. The predicted octanol–water partition coefficient (Wildman–Crippen LogP) is 1.55. The molecule has 3 N–H and O–H groups in total. The number of nitrogens with one attached hydrogen (secondary N) is 1. The van der Waals surface area contributed by atoms with Crippen molar-refractivity contribution >= 4 is 5.95 Å². The Morgan fingerprint density at radius 3 is 3.21 bits per heavy atom. The Morgan fingerprint density at radius 2 is 2.47 bits per heavy atom. The van der Waals surface area contributed by atoms with Crippen molar-refractivity contribution in [2.75, 3.05) is 24.5 Å². The minimum atomic E-state index is 0.548. The Labute approximate surface area is 112 Å². The van der Waals surface area contributed by atoms with Gasteiger partial charge in [-0.3, -0.25) is 5.10 Å². The van der Waals surface area contributed by atoms with Gasteiger partial charge in [0.1, 0.15) is 12.0 Å². The number of furan rings is 1. The van der Waals surface area contributed by atoms with E-state index in [2.05, 4.69) is 20.1 Å². The molecule has 6 heteroatoms. The van der Waals surface area contributed by atoms with Gasteiger partial charge in [-0.2, -0.15) is 4.98 Å². The molecule has 1 atom stereocenters. The van der Waals surface area contributed by atoms with Crippen molar-refractivity contribution in [1.82, 2.24) is 15.2 Å². The summed E-state index contributed by atoms with van der Waals surface area (Å²) >= 11 is 0. The quantitative estimate of drug-likeness (QED) is 0.875. The third-order valence-electron chi connectivity index (χ3n) is 3.61. The summed E-state index contributed by atoms with van der Waals surface area (Å²) < 4.78 is 5.29. The number of piperidine rings is 1. The summed E-state index contributed by atoms with van der Waals surface area (Å²) in [4.78, 5) is 6.75. The third kappa shape index (κ3) is 2.49. The van der Waals surface area contributed by atoms with Gasteiger partial charge in [0.25, 0.3) is 0 Å². The first-order chi connectivity index (χ1) is 9.26. The van der Waals surface area contributed by atoms with E-state index in [4.69, 9.17) is 10.2 Å². The summed E-state index contributed by atoms with van der Waals surface area (Å²) in [6, 6.07) is 1.95. The molecule has 2 aromatic rings. The van der Waals surface area contributed by atoms with Crippen molar-refractivity contribution in [2.24, 2.45) is 11.7 Å². The first-order valence-electron chi connectivity index (χ1n) is 6.69. The zero-order valence-electron chi connectivity index (χ0n) is 11.1. The summed E-state index contributed by atoms with van der Waals surface area (Å²) in [5, 5.41) is 7.27. The molecular formula is C13H19N5O. The van der Waals surface area contributed by atoms with E-state index < -0.39 is 0 Å². The van der Waals surface area contributed by atoms with Crippen molar-refractivity contribution in [3.63, 3.8) is 0 Å². The molecule has 2 aromatic heterocycles. The van der Waals surface area contributed by atoms with Crippen LogP contribution in [0.3, 0.4) is 0 Å². The minimum absolute atomic E-state index is 0.548. The number of aromatic amines is 1. The highest BCUT2D eigenvalue weighted by atomic mass is 16.3. The average molecular weight is 261 g/mol. The fraction of sp³-hybridized carbons (Fsp3) is 0.538. The average Bonchev–Trinajstić information content (AvgIpc) is 3.07. The Kier molecular flexibility index (Phi) is 3.25.